The number of nitriles is 1. The molecule has 1 amide bonds. The zero-order chi connectivity index (χ0) is 21.2. The Morgan fingerprint density at radius 2 is 1.93 bits per heavy atom. The van der Waals surface area contributed by atoms with Crippen molar-refractivity contribution >= 4 is 34.8 Å². The molecule has 28 heavy (non-hydrogen) atoms. The summed E-state index contributed by atoms with van der Waals surface area (Å²) in [5.41, 5.74) is -0.483. The Morgan fingerprint density at radius 1 is 1.29 bits per heavy atom. The van der Waals surface area contributed by atoms with Gasteiger partial charge in [-0.05, 0) is 23.6 Å². The third-order valence-corrected chi connectivity index (χ3v) is 4.25. The van der Waals surface area contributed by atoms with Crippen LogP contribution in [0.15, 0.2) is 24.4 Å². The van der Waals surface area contributed by atoms with Gasteiger partial charge in [-0.2, -0.15) is 5.26 Å². The molecule has 6 nitrogen and oxygen atoms in total. The normalized spacial score (nSPS) is 11.0. The van der Waals surface area contributed by atoms with Crippen LogP contribution in [0, 0.1) is 22.6 Å². The molecular weight excluding hydrogens is 385 g/mol. The van der Waals surface area contributed by atoms with Crippen molar-refractivity contribution in [2.24, 2.45) is 12.5 Å². The molecule has 2 rings (SSSR count). The van der Waals surface area contributed by atoms with E-state index in [0.29, 0.717) is 0 Å². The fourth-order valence-electron chi connectivity index (χ4n) is 2.61. The van der Waals surface area contributed by atoms with E-state index >= 15 is 0 Å². The van der Waals surface area contributed by atoms with Crippen LogP contribution in [0.25, 0.3) is 0 Å². The lowest BCUT2D eigenvalue weighted by molar-refractivity contribution is -0.116. The van der Waals surface area contributed by atoms with Crippen LogP contribution in [0.1, 0.15) is 53.6 Å². The van der Waals surface area contributed by atoms with Gasteiger partial charge in [0.25, 0.3) is 5.91 Å². The number of hydrogen-bond acceptors (Lipinski definition) is 4. The van der Waals surface area contributed by atoms with E-state index in [2.05, 4.69) is 5.32 Å². The molecule has 0 aliphatic rings. The van der Waals surface area contributed by atoms with Gasteiger partial charge in [-0.1, -0.05) is 32.4 Å². The molecule has 0 saturated heterocycles. The summed E-state index contributed by atoms with van der Waals surface area (Å²) < 4.78 is 14.8. The van der Waals surface area contributed by atoms with Gasteiger partial charge in [0.1, 0.15) is 17.6 Å². The summed E-state index contributed by atoms with van der Waals surface area (Å²) in [6, 6.07) is 5.22. The maximum absolute atomic E-state index is 13.4. The molecule has 0 aliphatic heterocycles. The minimum Gasteiger partial charge on any atom is -0.345 e. The molecule has 0 atom stereocenters. The largest absolute Gasteiger partial charge is 0.345 e. The molecular formula is C20H19ClFN3O3. The van der Waals surface area contributed by atoms with Crippen molar-refractivity contribution in [3.8, 4) is 6.07 Å². The zero-order valence-electron chi connectivity index (χ0n) is 15.9. The van der Waals surface area contributed by atoms with Crippen LogP contribution in [0.4, 0.5) is 10.1 Å². The van der Waals surface area contributed by atoms with Gasteiger partial charge < -0.3 is 9.88 Å². The molecule has 0 spiro atoms. The summed E-state index contributed by atoms with van der Waals surface area (Å²) in [7, 11) is 1.51. The number of anilines is 1. The average Bonchev–Trinajstić information content (AvgIpc) is 2.88. The van der Waals surface area contributed by atoms with Crippen molar-refractivity contribution in [1.82, 2.24) is 4.57 Å². The van der Waals surface area contributed by atoms with E-state index in [0.717, 1.165) is 6.07 Å². The number of carbonyl (C=O) groups is 3. The van der Waals surface area contributed by atoms with E-state index < -0.39 is 23.3 Å². The molecule has 146 valence electrons. The third-order valence-electron chi connectivity index (χ3n) is 3.87. The number of nitrogens with zero attached hydrogens (tertiary/aromatic N) is 2. The van der Waals surface area contributed by atoms with Crippen LogP contribution in [-0.4, -0.2) is 22.0 Å². The predicted molar refractivity (Wildman–Crippen MR) is 103 cm³/mol. The van der Waals surface area contributed by atoms with Crippen molar-refractivity contribution in [3.63, 3.8) is 0 Å². The highest BCUT2D eigenvalue weighted by molar-refractivity contribution is 6.48. The first-order valence-corrected chi connectivity index (χ1v) is 8.75. The van der Waals surface area contributed by atoms with Crippen LogP contribution in [0.5, 0.6) is 0 Å². The molecule has 2 aromatic rings. The van der Waals surface area contributed by atoms with Crippen molar-refractivity contribution < 1.29 is 18.8 Å². The summed E-state index contributed by atoms with van der Waals surface area (Å²) in [6.45, 7) is 5.51. The Kier molecular flexibility index (Phi) is 6.05. The molecule has 0 aliphatic carbocycles. The molecule has 0 bridgehead atoms. The number of aryl methyl sites for hydroxylation is 1. The number of benzene rings is 1. The van der Waals surface area contributed by atoms with Gasteiger partial charge in [0, 0.05) is 25.4 Å². The average molecular weight is 404 g/mol. The van der Waals surface area contributed by atoms with Crippen molar-refractivity contribution in [2.75, 3.05) is 5.32 Å². The highest BCUT2D eigenvalue weighted by atomic mass is 35.5. The fourth-order valence-corrected chi connectivity index (χ4v) is 2.96. The molecule has 1 aromatic heterocycles. The molecule has 0 saturated carbocycles. The van der Waals surface area contributed by atoms with E-state index in [9.17, 15) is 18.8 Å². The first-order chi connectivity index (χ1) is 12.9. The Bertz CT molecular complexity index is 1010. The highest BCUT2D eigenvalue weighted by Crippen LogP contribution is 2.27. The van der Waals surface area contributed by atoms with Gasteiger partial charge in [-0.3, -0.25) is 14.4 Å². The van der Waals surface area contributed by atoms with E-state index in [1.165, 1.54) is 29.9 Å². The fraction of sp³-hybridized carbons (Fsp3) is 0.300. The SMILES string of the molecule is Cn1cc(C(=O)C(=O)CC(C)(C)C)c(Cl)c1C(=O)Nc1ccc(F)c(C#N)c1. The second-order valence-electron chi connectivity index (χ2n) is 7.57. The van der Waals surface area contributed by atoms with Crippen LogP contribution in [0.2, 0.25) is 5.02 Å². The second-order valence-corrected chi connectivity index (χ2v) is 7.94. The van der Waals surface area contributed by atoms with Crippen LogP contribution < -0.4 is 5.32 Å². The van der Waals surface area contributed by atoms with Crippen molar-refractivity contribution in [2.45, 2.75) is 27.2 Å². The second kappa shape index (κ2) is 7.95. The maximum Gasteiger partial charge on any atom is 0.273 e. The summed E-state index contributed by atoms with van der Waals surface area (Å²) in [5.74, 6) is -2.72. The lowest BCUT2D eigenvalue weighted by Gasteiger charge is -2.15. The number of amides is 1. The number of carbonyl (C=O) groups excluding carboxylic acids is 3. The van der Waals surface area contributed by atoms with Crippen LogP contribution >= 0.6 is 11.6 Å². The maximum atomic E-state index is 13.4. The number of hydrogen-bond donors (Lipinski definition) is 1. The monoisotopic (exact) mass is 403 g/mol. The van der Waals surface area contributed by atoms with Gasteiger partial charge in [0.15, 0.2) is 0 Å². The Balaban J connectivity index is 2.30. The van der Waals surface area contributed by atoms with Crippen molar-refractivity contribution in [1.29, 1.82) is 5.26 Å². The molecule has 1 aromatic carbocycles. The lowest BCUT2D eigenvalue weighted by Crippen LogP contribution is -2.21. The van der Waals surface area contributed by atoms with Gasteiger partial charge in [0.05, 0.1) is 16.1 Å². The smallest absolute Gasteiger partial charge is 0.273 e. The molecule has 1 N–H and O–H groups in total. The number of aromatic nitrogens is 1. The molecule has 0 unspecified atom stereocenters. The van der Waals surface area contributed by atoms with Crippen LogP contribution in [-0.2, 0) is 11.8 Å². The summed E-state index contributed by atoms with van der Waals surface area (Å²) in [6.07, 6.45) is 1.37. The number of Topliss-reactive ketones (excluding diaryl/α,β-unsaturated/α-hetero) is 2. The number of halogens is 2. The predicted octanol–water partition coefficient (Wildman–Crippen LogP) is 4.13. The van der Waals surface area contributed by atoms with Crippen molar-refractivity contribution in [3.05, 3.63) is 52.1 Å². The van der Waals surface area contributed by atoms with Gasteiger partial charge in [-0.15, -0.1) is 0 Å². The van der Waals surface area contributed by atoms with Crippen LogP contribution in [0.3, 0.4) is 0 Å². The lowest BCUT2D eigenvalue weighted by atomic mass is 9.88. The standard InChI is InChI=1S/C20H19ClFN3O3/c1-20(2,3)8-15(26)18(27)13-10-25(4)17(16(13)21)19(28)24-12-5-6-14(22)11(7-12)9-23/h5-7,10H,8H2,1-4H3,(H,24,28). The Morgan fingerprint density at radius 3 is 2.50 bits per heavy atom. The minimum absolute atomic E-state index is 0.0311. The van der Waals surface area contributed by atoms with Gasteiger partial charge in [0.2, 0.25) is 11.6 Å². The summed E-state index contributed by atoms with van der Waals surface area (Å²) in [5, 5.41) is 11.2. The number of rotatable bonds is 5. The molecule has 8 heteroatoms. The zero-order valence-corrected chi connectivity index (χ0v) is 16.6. The molecule has 0 fully saturated rings. The molecule has 0 radical (unpaired) electrons. The van der Waals surface area contributed by atoms with E-state index in [4.69, 9.17) is 16.9 Å². The number of ketones is 2. The highest BCUT2D eigenvalue weighted by Gasteiger charge is 2.29. The van der Waals surface area contributed by atoms with E-state index in [1.807, 2.05) is 20.8 Å². The first kappa shape index (κ1) is 21.3. The van der Waals surface area contributed by atoms with E-state index in [1.54, 1.807) is 6.07 Å². The van der Waals surface area contributed by atoms with E-state index in [-0.39, 0.29) is 39.4 Å². The Labute approximate surface area is 166 Å². The minimum atomic E-state index is -0.761. The quantitative estimate of drug-likeness (QED) is 0.600. The summed E-state index contributed by atoms with van der Waals surface area (Å²) >= 11 is 6.22. The number of nitrogens with one attached hydrogen (secondary N) is 1. The van der Waals surface area contributed by atoms with Gasteiger partial charge in [-0.25, -0.2) is 4.39 Å². The van der Waals surface area contributed by atoms with Gasteiger partial charge >= 0.3 is 0 Å². The topological polar surface area (TPSA) is 92.0 Å². The third kappa shape index (κ3) is 4.65. The Hall–Kier alpha value is -2.98. The first-order valence-electron chi connectivity index (χ1n) is 8.38. The molecule has 1 heterocycles. The summed E-state index contributed by atoms with van der Waals surface area (Å²) in [4.78, 5) is 37.3.